The average Bonchev–Trinajstić information content (AvgIpc) is 2.62. The molecule has 0 unspecified atom stereocenters. The van der Waals surface area contributed by atoms with Gasteiger partial charge in [-0.1, -0.05) is 53.7 Å². The Kier molecular flexibility index (Phi) is 6.06. The van der Waals surface area contributed by atoms with Crippen molar-refractivity contribution in [2.75, 3.05) is 11.1 Å². The van der Waals surface area contributed by atoms with E-state index in [9.17, 15) is 4.79 Å². The van der Waals surface area contributed by atoms with E-state index in [1.54, 1.807) is 0 Å². The van der Waals surface area contributed by atoms with E-state index in [0.29, 0.717) is 5.82 Å². The van der Waals surface area contributed by atoms with Crippen LogP contribution in [0.3, 0.4) is 0 Å². The Bertz CT molecular complexity index is 929. The van der Waals surface area contributed by atoms with E-state index in [4.69, 9.17) is 0 Å². The molecular formula is C20H18BrN3OS. The van der Waals surface area contributed by atoms with Crippen molar-refractivity contribution in [2.24, 2.45) is 0 Å². The topological polar surface area (TPSA) is 54.9 Å². The van der Waals surface area contributed by atoms with Gasteiger partial charge in [-0.15, -0.1) is 0 Å². The number of rotatable bonds is 5. The Labute approximate surface area is 165 Å². The molecule has 0 atom stereocenters. The largest absolute Gasteiger partial charge is 0.324 e. The third-order valence-corrected chi connectivity index (χ3v) is 5.24. The number of nitrogens with zero attached hydrogens (tertiary/aromatic N) is 2. The molecule has 1 N–H and O–H groups in total. The zero-order valence-corrected chi connectivity index (χ0v) is 16.9. The third kappa shape index (κ3) is 4.93. The van der Waals surface area contributed by atoms with Gasteiger partial charge in [0, 0.05) is 15.7 Å². The van der Waals surface area contributed by atoms with Crippen molar-refractivity contribution < 1.29 is 4.79 Å². The summed E-state index contributed by atoms with van der Waals surface area (Å²) in [5.41, 5.74) is 3.81. The molecule has 132 valence electrons. The number of benzene rings is 2. The molecule has 0 bridgehead atoms. The number of nitrogens with one attached hydrogen (secondary N) is 1. The monoisotopic (exact) mass is 427 g/mol. The number of aromatic nitrogens is 2. The summed E-state index contributed by atoms with van der Waals surface area (Å²) in [7, 11) is 0. The Morgan fingerprint density at radius 3 is 2.54 bits per heavy atom. The van der Waals surface area contributed by atoms with Gasteiger partial charge in [0.2, 0.25) is 5.91 Å². The number of carbonyl (C=O) groups is 1. The van der Waals surface area contributed by atoms with Crippen molar-refractivity contribution >= 4 is 39.3 Å². The molecule has 0 spiro atoms. The van der Waals surface area contributed by atoms with E-state index in [1.165, 1.54) is 17.3 Å². The number of amides is 1. The average molecular weight is 428 g/mol. The van der Waals surface area contributed by atoms with Crippen LogP contribution in [-0.4, -0.2) is 21.6 Å². The SMILES string of the molecule is Cc1ccc(-c2nc(C)cc(SCC(=O)Nc3ccccc3Br)n2)cc1. The molecule has 3 rings (SSSR count). The van der Waals surface area contributed by atoms with Crippen LogP contribution in [0.2, 0.25) is 0 Å². The lowest BCUT2D eigenvalue weighted by Gasteiger charge is -2.08. The lowest BCUT2D eigenvalue weighted by Crippen LogP contribution is -2.14. The van der Waals surface area contributed by atoms with Crippen LogP contribution >= 0.6 is 27.7 Å². The van der Waals surface area contributed by atoms with Gasteiger partial charge in [0.1, 0.15) is 5.03 Å². The Morgan fingerprint density at radius 1 is 1.08 bits per heavy atom. The van der Waals surface area contributed by atoms with Crippen LogP contribution in [0, 0.1) is 13.8 Å². The predicted molar refractivity (Wildman–Crippen MR) is 110 cm³/mol. The number of hydrogen-bond donors (Lipinski definition) is 1. The quantitative estimate of drug-likeness (QED) is 0.445. The molecule has 0 saturated carbocycles. The summed E-state index contributed by atoms with van der Waals surface area (Å²) in [4.78, 5) is 21.3. The third-order valence-electron chi connectivity index (χ3n) is 3.64. The second kappa shape index (κ2) is 8.47. The second-order valence-electron chi connectivity index (χ2n) is 5.85. The summed E-state index contributed by atoms with van der Waals surface area (Å²) in [5, 5.41) is 3.68. The molecular weight excluding hydrogens is 410 g/mol. The summed E-state index contributed by atoms with van der Waals surface area (Å²) in [6.45, 7) is 3.98. The molecule has 0 saturated heterocycles. The number of anilines is 1. The van der Waals surface area contributed by atoms with E-state index < -0.39 is 0 Å². The maximum absolute atomic E-state index is 12.2. The minimum atomic E-state index is -0.0740. The van der Waals surface area contributed by atoms with Crippen molar-refractivity contribution in [3.05, 3.63) is 70.3 Å². The lowest BCUT2D eigenvalue weighted by molar-refractivity contribution is -0.113. The predicted octanol–water partition coefficient (Wildman–Crippen LogP) is 5.25. The van der Waals surface area contributed by atoms with Crippen LogP contribution in [0.1, 0.15) is 11.3 Å². The summed E-state index contributed by atoms with van der Waals surface area (Å²) >= 11 is 4.83. The van der Waals surface area contributed by atoms with Gasteiger partial charge in [-0.2, -0.15) is 0 Å². The molecule has 0 aliphatic carbocycles. The number of para-hydroxylation sites is 1. The van der Waals surface area contributed by atoms with Crippen LogP contribution < -0.4 is 5.32 Å². The lowest BCUT2D eigenvalue weighted by atomic mass is 10.1. The first-order valence-electron chi connectivity index (χ1n) is 8.11. The number of carbonyl (C=O) groups excluding carboxylic acids is 1. The van der Waals surface area contributed by atoms with Crippen molar-refractivity contribution in [3.63, 3.8) is 0 Å². The fraction of sp³-hybridized carbons (Fsp3) is 0.150. The standard InChI is InChI=1S/C20H18BrN3OS/c1-13-7-9-15(10-8-13)20-22-14(2)11-19(24-20)26-12-18(25)23-17-6-4-3-5-16(17)21/h3-11H,12H2,1-2H3,(H,23,25). The summed E-state index contributed by atoms with van der Waals surface area (Å²) in [6, 6.07) is 17.5. The number of halogens is 1. The molecule has 0 aliphatic rings. The number of hydrogen-bond acceptors (Lipinski definition) is 4. The van der Waals surface area contributed by atoms with Crippen molar-refractivity contribution in [3.8, 4) is 11.4 Å². The number of thioether (sulfide) groups is 1. The highest BCUT2D eigenvalue weighted by Crippen LogP contribution is 2.24. The normalized spacial score (nSPS) is 10.6. The Balaban J connectivity index is 1.69. The van der Waals surface area contributed by atoms with Gasteiger partial charge < -0.3 is 5.32 Å². The molecule has 1 amide bonds. The molecule has 6 heteroatoms. The fourth-order valence-electron chi connectivity index (χ4n) is 2.33. The van der Waals surface area contributed by atoms with Crippen molar-refractivity contribution in [2.45, 2.75) is 18.9 Å². The molecule has 0 aliphatic heterocycles. The molecule has 1 heterocycles. The first kappa shape index (κ1) is 18.6. The highest BCUT2D eigenvalue weighted by molar-refractivity contribution is 9.10. The van der Waals surface area contributed by atoms with Gasteiger partial charge in [0.25, 0.3) is 0 Å². The smallest absolute Gasteiger partial charge is 0.234 e. The highest BCUT2D eigenvalue weighted by atomic mass is 79.9. The highest BCUT2D eigenvalue weighted by Gasteiger charge is 2.09. The van der Waals surface area contributed by atoms with Gasteiger partial charge in [0.15, 0.2) is 5.82 Å². The van der Waals surface area contributed by atoms with Crippen LogP contribution in [-0.2, 0) is 4.79 Å². The molecule has 0 radical (unpaired) electrons. The first-order chi connectivity index (χ1) is 12.5. The van der Waals surface area contributed by atoms with Gasteiger partial charge >= 0.3 is 0 Å². The molecule has 1 aromatic heterocycles. The second-order valence-corrected chi connectivity index (χ2v) is 7.70. The summed E-state index contributed by atoms with van der Waals surface area (Å²) in [5.74, 6) is 0.888. The van der Waals surface area contributed by atoms with E-state index in [-0.39, 0.29) is 11.7 Å². The summed E-state index contributed by atoms with van der Waals surface area (Å²) < 4.78 is 0.859. The fourth-order valence-corrected chi connectivity index (χ4v) is 3.47. The van der Waals surface area contributed by atoms with Crippen LogP contribution in [0.5, 0.6) is 0 Å². The van der Waals surface area contributed by atoms with Gasteiger partial charge in [-0.05, 0) is 48.0 Å². The van der Waals surface area contributed by atoms with E-state index in [2.05, 4.69) is 31.2 Å². The van der Waals surface area contributed by atoms with Crippen LogP contribution in [0.4, 0.5) is 5.69 Å². The molecule has 3 aromatic rings. The van der Waals surface area contributed by atoms with Gasteiger partial charge in [-0.3, -0.25) is 4.79 Å². The minimum absolute atomic E-state index is 0.0740. The van der Waals surface area contributed by atoms with Crippen molar-refractivity contribution in [1.82, 2.24) is 9.97 Å². The van der Waals surface area contributed by atoms with Gasteiger partial charge in [-0.25, -0.2) is 9.97 Å². The number of aryl methyl sites for hydroxylation is 2. The van der Waals surface area contributed by atoms with E-state index >= 15 is 0 Å². The van der Waals surface area contributed by atoms with Crippen molar-refractivity contribution in [1.29, 1.82) is 0 Å². The Morgan fingerprint density at radius 2 is 1.81 bits per heavy atom. The van der Waals surface area contributed by atoms with Crippen LogP contribution in [0.15, 0.2) is 64.1 Å². The Hall–Kier alpha value is -2.18. The summed E-state index contributed by atoms with van der Waals surface area (Å²) in [6.07, 6.45) is 0. The van der Waals surface area contributed by atoms with Crippen LogP contribution in [0.25, 0.3) is 11.4 Å². The molecule has 2 aromatic carbocycles. The van der Waals surface area contributed by atoms with E-state index in [1.807, 2.05) is 68.4 Å². The van der Waals surface area contributed by atoms with E-state index in [0.717, 1.165) is 26.4 Å². The maximum atomic E-state index is 12.2. The molecule has 0 fully saturated rings. The van der Waals surface area contributed by atoms with Gasteiger partial charge in [0.05, 0.1) is 11.4 Å². The molecule has 26 heavy (non-hydrogen) atoms. The zero-order valence-electron chi connectivity index (χ0n) is 14.5. The zero-order chi connectivity index (χ0) is 18.5. The molecule has 4 nitrogen and oxygen atoms in total. The first-order valence-corrected chi connectivity index (χ1v) is 9.89. The minimum Gasteiger partial charge on any atom is -0.324 e. The maximum Gasteiger partial charge on any atom is 0.234 e.